The first kappa shape index (κ1) is 11.2. The second kappa shape index (κ2) is 4.78. The topological polar surface area (TPSA) is 43.9 Å². The molecule has 3 rings (SSSR count). The lowest BCUT2D eigenvalue weighted by atomic mass is 10.2. The van der Waals surface area contributed by atoms with Crippen molar-refractivity contribution in [2.45, 2.75) is 6.54 Å². The Balaban J connectivity index is 1.83. The van der Waals surface area contributed by atoms with Crippen molar-refractivity contribution < 1.29 is 4.42 Å². The number of halogens is 1. The van der Waals surface area contributed by atoms with E-state index in [4.69, 9.17) is 4.42 Å². The average molecular weight is 304 g/mol. The van der Waals surface area contributed by atoms with E-state index < -0.39 is 0 Å². The van der Waals surface area contributed by atoms with Gasteiger partial charge in [-0.15, -0.1) is 0 Å². The number of nitrogens with zero attached hydrogens (tertiary/aromatic N) is 3. The lowest BCUT2D eigenvalue weighted by Crippen LogP contribution is -1.99. The second-order valence-electron chi connectivity index (χ2n) is 3.83. The third kappa shape index (κ3) is 2.36. The van der Waals surface area contributed by atoms with Crippen LogP contribution in [0.5, 0.6) is 0 Å². The monoisotopic (exact) mass is 303 g/mol. The molecule has 0 unspecified atom stereocenters. The molecule has 2 aromatic heterocycles. The molecule has 0 aliphatic heterocycles. The fraction of sp³-hybridized carbons (Fsp3) is 0.0769. The Bertz CT molecular complexity index is 629. The van der Waals surface area contributed by atoms with Gasteiger partial charge in [0.2, 0.25) is 5.89 Å². The van der Waals surface area contributed by atoms with Crippen LogP contribution in [0.25, 0.3) is 11.3 Å². The molecule has 4 nitrogen and oxygen atoms in total. The number of aromatic nitrogens is 3. The first-order valence-corrected chi connectivity index (χ1v) is 6.28. The Labute approximate surface area is 112 Å². The zero-order chi connectivity index (χ0) is 12.4. The van der Waals surface area contributed by atoms with Gasteiger partial charge < -0.3 is 4.42 Å². The maximum atomic E-state index is 5.70. The Morgan fingerprint density at radius 2 is 2.06 bits per heavy atom. The van der Waals surface area contributed by atoms with Gasteiger partial charge in [0, 0.05) is 22.4 Å². The second-order valence-corrected chi connectivity index (χ2v) is 4.74. The van der Waals surface area contributed by atoms with Crippen LogP contribution in [0.2, 0.25) is 0 Å². The van der Waals surface area contributed by atoms with E-state index in [0.29, 0.717) is 12.4 Å². The summed E-state index contributed by atoms with van der Waals surface area (Å²) in [5.41, 5.74) is 1.01. The summed E-state index contributed by atoms with van der Waals surface area (Å²) in [5.74, 6) is 1.42. The van der Waals surface area contributed by atoms with Gasteiger partial charge in [0.15, 0.2) is 5.76 Å². The highest BCUT2D eigenvalue weighted by Crippen LogP contribution is 2.22. The van der Waals surface area contributed by atoms with Crippen molar-refractivity contribution in [2.75, 3.05) is 0 Å². The maximum Gasteiger partial charge on any atom is 0.216 e. The molecule has 0 saturated carbocycles. The van der Waals surface area contributed by atoms with Crippen LogP contribution in [-0.4, -0.2) is 14.8 Å². The highest BCUT2D eigenvalue weighted by atomic mass is 79.9. The Morgan fingerprint density at radius 1 is 1.22 bits per heavy atom. The van der Waals surface area contributed by atoms with Crippen molar-refractivity contribution in [1.82, 2.24) is 14.8 Å². The fourth-order valence-corrected chi connectivity index (χ4v) is 1.93. The van der Waals surface area contributed by atoms with Crippen LogP contribution in [0.15, 0.2) is 57.8 Å². The first-order valence-electron chi connectivity index (χ1n) is 5.49. The number of oxazole rings is 1. The molecule has 1 aromatic carbocycles. The van der Waals surface area contributed by atoms with E-state index in [1.807, 2.05) is 36.5 Å². The molecule has 0 saturated heterocycles. The van der Waals surface area contributed by atoms with E-state index >= 15 is 0 Å². The highest BCUT2D eigenvalue weighted by Gasteiger charge is 2.06. The fourth-order valence-electron chi connectivity index (χ4n) is 1.66. The lowest BCUT2D eigenvalue weighted by molar-refractivity contribution is 0.474. The van der Waals surface area contributed by atoms with Gasteiger partial charge in [-0.25, -0.2) is 4.98 Å². The molecule has 0 spiro atoms. The first-order chi connectivity index (χ1) is 8.81. The molecule has 0 bridgehead atoms. The summed E-state index contributed by atoms with van der Waals surface area (Å²) in [6.45, 7) is 0.545. The van der Waals surface area contributed by atoms with Gasteiger partial charge >= 0.3 is 0 Å². The zero-order valence-corrected chi connectivity index (χ0v) is 11.0. The third-order valence-corrected chi connectivity index (χ3v) is 3.07. The largest absolute Gasteiger partial charge is 0.439 e. The standard InChI is InChI=1S/C13H10BrN3O/c14-11-4-2-10(3-5-11)12-8-15-13(18-12)9-17-7-1-6-16-17/h1-8H,9H2. The van der Waals surface area contributed by atoms with Crippen LogP contribution >= 0.6 is 15.9 Å². The van der Waals surface area contributed by atoms with Gasteiger partial charge in [0.25, 0.3) is 0 Å². The summed E-state index contributed by atoms with van der Waals surface area (Å²) in [4.78, 5) is 4.25. The summed E-state index contributed by atoms with van der Waals surface area (Å²) < 4.78 is 8.51. The molecular formula is C13H10BrN3O. The van der Waals surface area contributed by atoms with E-state index in [2.05, 4.69) is 26.0 Å². The lowest BCUT2D eigenvalue weighted by Gasteiger charge is -1.97. The Kier molecular flexibility index (Phi) is 2.98. The van der Waals surface area contributed by atoms with Crippen LogP contribution in [0.4, 0.5) is 0 Å². The maximum absolute atomic E-state index is 5.70. The summed E-state index contributed by atoms with van der Waals surface area (Å²) in [6, 6.07) is 9.80. The molecule has 90 valence electrons. The van der Waals surface area contributed by atoms with Gasteiger partial charge in [-0.1, -0.05) is 28.1 Å². The minimum Gasteiger partial charge on any atom is -0.439 e. The van der Waals surface area contributed by atoms with Crippen LogP contribution in [0.3, 0.4) is 0 Å². The predicted octanol–water partition coefficient (Wildman–Crippen LogP) is 3.35. The van der Waals surface area contributed by atoms with Crippen molar-refractivity contribution in [3.05, 3.63) is 59.3 Å². The molecule has 5 heteroatoms. The van der Waals surface area contributed by atoms with Crippen molar-refractivity contribution in [3.8, 4) is 11.3 Å². The minimum absolute atomic E-state index is 0.545. The molecule has 0 aliphatic carbocycles. The van der Waals surface area contributed by atoms with Crippen LogP contribution in [0.1, 0.15) is 5.89 Å². The van der Waals surface area contributed by atoms with E-state index in [1.54, 1.807) is 17.1 Å². The highest BCUT2D eigenvalue weighted by molar-refractivity contribution is 9.10. The molecule has 0 fully saturated rings. The van der Waals surface area contributed by atoms with Gasteiger partial charge in [0.1, 0.15) is 6.54 Å². The number of rotatable bonds is 3. The van der Waals surface area contributed by atoms with Gasteiger partial charge in [-0.2, -0.15) is 5.10 Å². The molecule has 0 atom stereocenters. The van der Waals surface area contributed by atoms with Crippen LogP contribution in [-0.2, 0) is 6.54 Å². The van der Waals surface area contributed by atoms with E-state index in [-0.39, 0.29) is 0 Å². The van der Waals surface area contributed by atoms with Crippen LogP contribution in [0, 0.1) is 0 Å². The normalized spacial score (nSPS) is 10.7. The quantitative estimate of drug-likeness (QED) is 0.745. The molecule has 0 amide bonds. The predicted molar refractivity (Wildman–Crippen MR) is 71.0 cm³/mol. The smallest absolute Gasteiger partial charge is 0.216 e. The number of benzene rings is 1. The Morgan fingerprint density at radius 3 is 2.78 bits per heavy atom. The Hall–Kier alpha value is -1.88. The number of hydrogen-bond donors (Lipinski definition) is 0. The van der Waals surface area contributed by atoms with Crippen molar-refractivity contribution >= 4 is 15.9 Å². The van der Waals surface area contributed by atoms with E-state index in [9.17, 15) is 0 Å². The molecule has 0 radical (unpaired) electrons. The average Bonchev–Trinajstić information content (AvgIpc) is 3.02. The molecule has 0 aliphatic rings. The molecule has 2 heterocycles. The summed E-state index contributed by atoms with van der Waals surface area (Å²) in [5, 5.41) is 4.12. The molecule has 0 N–H and O–H groups in total. The number of hydrogen-bond acceptors (Lipinski definition) is 3. The minimum atomic E-state index is 0.545. The van der Waals surface area contributed by atoms with Crippen molar-refractivity contribution in [2.24, 2.45) is 0 Å². The summed E-state index contributed by atoms with van der Waals surface area (Å²) in [7, 11) is 0. The van der Waals surface area contributed by atoms with Crippen LogP contribution < -0.4 is 0 Å². The third-order valence-electron chi connectivity index (χ3n) is 2.54. The zero-order valence-electron chi connectivity index (χ0n) is 9.45. The van der Waals surface area contributed by atoms with Gasteiger partial charge in [0.05, 0.1) is 6.20 Å². The van der Waals surface area contributed by atoms with Gasteiger partial charge in [-0.05, 0) is 18.2 Å². The summed E-state index contributed by atoms with van der Waals surface area (Å²) in [6.07, 6.45) is 5.35. The van der Waals surface area contributed by atoms with E-state index in [1.165, 1.54) is 0 Å². The van der Waals surface area contributed by atoms with Gasteiger partial charge in [-0.3, -0.25) is 4.68 Å². The molecular weight excluding hydrogens is 294 g/mol. The SMILES string of the molecule is Brc1ccc(-c2cnc(Cn3cccn3)o2)cc1. The molecule has 18 heavy (non-hydrogen) atoms. The van der Waals surface area contributed by atoms with E-state index in [0.717, 1.165) is 15.8 Å². The van der Waals surface area contributed by atoms with Crippen molar-refractivity contribution in [1.29, 1.82) is 0 Å². The summed E-state index contributed by atoms with van der Waals surface area (Å²) >= 11 is 3.41. The van der Waals surface area contributed by atoms with Crippen molar-refractivity contribution in [3.63, 3.8) is 0 Å². The molecule has 3 aromatic rings.